The number of benzene rings is 1. The fraction of sp³-hybridized carbons (Fsp3) is 0.611. The largest absolute Gasteiger partial charge is 0.303 e. The molecule has 2 aliphatic rings. The quantitative estimate of drug-likeness (QED) is 0.779. The molecule has 1 aliphatic heterocycles. The summed E-state index contributed by atoms with van der Waals surface area (Å²) in [5.74, 6) is -0.472. The van der Waals surface area contributed by atoms with Crippen molar-refractivity contribution >= 4 is 5.78 Å². The van der Waals surface area contributed by atoms with Gasteiger partial charge in [-0.15, -0.1) is 0 Å². The first kappa shape index (κ1) is 14.7. The van der Waals surface area contributed by atoms with E-state index in [0.29, 0.717) is 11.8 Å². The molecule has 0 bridgehead atoms. The van der Waals surface area contributed by atoms with Crippen molar-refractivity contribution in [2.45, 2.75) is 44.9 Å². The van der Waals surface area contributed by atoms with Crippen LogP contribution in [-0.2, 0) is 0 Å². The van der Waals surface area contributed by atoms with Gasteiger partial charge in [-0.1, -0.05) is 25.0 Å². The third kappa shape index (κ3) is 3.34. The molecule has 0 atom stereocenters. The summed E-state index contributed by atoms with van der Waals surface area (Å²) in [6.45, 7) is 2.97. The number of Topliss-reactive ketones (excluding diaryl/α,β-unsaturated/α-hetero) is 1. The molecule has 0 aromatic heterocycles. The van der Waals surface area contributed by atoms with Crippen molar-refractivity contribution in [1.29, 1.82) is 0 Å². The van der Waals surface area contributed by atoms with Gasteiger partial charge in [0.15, 0.2) is 5.78 Å². The van der Waals surface area contributed by atoms with Crippen LogP contribution in [0.25, 0.3) is 0 Å². The fourth-order valence-corrected chi connectivity index (χ4v) is 3.96. The molecule has 0 N–H and O–H groups in total. The smallest absolute Gasteiger partial charge is 0.167 e. The number of carbonyl (C=O) groups is 1. The van der Waals surface area contributed by atoms with Crippen LogP contribution in [0.1, 0.15) is 55.3 Å². The third-order valence-corrected chi connectivity index (χ3v) is 5.41. The molecular formula is C18H24FNO. The number of rotatable bonds is 4. The van der Waals surface area contributed by atoms with Crippen LogP contribution in [0.15, 0.2) is 24.3 Å². The molecule has 1 saturated heterocycles. The summed E-state index contributed by atoms with van der Waals surface area (Å²) in [5, 5.41) is 0. The van der Waals surface area contributed by atoms with Crippen LogP contribution in [0.5, 0.6) is 0 Å². The molecule has 0 unspecified atom stereocenters. The number of ketones is 1. The molecule has 114 valence electrons. The van der Waals surface area contributed by atoms with Gasteiger partial charge in [0.2, 0.25) is 0 Å². The molecule has 21 heavy (non-hydrogen) atoms. The van der Waals surface area contributed by atoms with E-state index in [1.807, 2.05) is 0 Å². The molecule has 3 rings (SSSR count). The van der Waals surface area contributed by atoms with Gasteiger partial charge in [0, 0.05) is 13.0 Å². The lowest BCUT2D eigenvalue weighted by atomic mass is 9.77. The van der Waals surface area contributed by atoms with Crippen molar-refractivity contribution < 1.29 is 9.18 Å². The zero-order valence-corrected chi connectivity index (χ0v) is 12.6. The Balaban J connectivity index is 1.48. The van der Waals surface area contributed by atoms with Crippen LogP contribution in [0, 0.1) is 11.2 Å². The van der Waals surface area contributed by atoms with Gasteiger partial charge in [-0.25, -0.2) is 4.39 Å². The van der Waals surface area contributed by atoms with Crippen molar-refractivity contribution in [3.63, 3.8) is 0 Å². The van der Waals surface area contributed by atoms with Crippen LogP contribution in [-0.4, -0.2) is 30.3 Å². The first-order chi connectivity index (χ1) is 10.2. The van der Waals surface area contributed by atoms with Crippen LogP contribution in [0.4, 0.5) is 4.39 Å². The summed E-state index contributed by atoms with van der Waals surface area (Å²) in [7, 11) is 0. The molecule has 1 aliphatic carbocycles. The van der Waals surface area contributed by atoms with E-state index in [2.05, 4.69) is 4.90 Å². The molecule has 1 heterocycles. The lowest BCUT2D eigenvalue weighted by Crippen LogP contribution is -2.39. The second-order valence-corrected chi connectivity index (χ2v) is 6.70. The van der Waals surface area contributed by atoms with E-state index in [1.54, 1.807) is 18.2 Å². The first-order valence-electron chi connectivity index (χ1n) is 8.19. The van der Waals surface area contributed by atoms with E-state index in [4.69, 9.17) is 0 Å². The summed E-state index contributed by atoms with van der Waals surface area (Å²) < 4.78 is 13.6. The number of halogens is 1. The highest BCUT2D eigenvalue weighted by Gasteiger charge is 2.36. The molecule has 2 nitrogen and oxygen atoms in total. The second-order valence-electron chi connectivity index (χ2n) is 6.70. The fourth-order valence-electron chi connectivity index (χ4n) is 3.96. The number of carbonyl (C=O) groups excluding carboxylic acids is 1. The van der Waals surface area contributed by atoms with Gasteiger partial charge >= 0.3 is 0 Å². The molecule has 2 fully saturated rings. The van der Waals surface area contributed by atoms with Crippen LogP contribution < -0.4 is 0 Å². The highest BCUT2D eigenvalue weighted by Crippen LogP contribution is 2.46. The minimum Gasteiger partial charge on any atom is -0.303 e. The SMILES string of the molecule is O=C(CCN1CCC2(CCCC2)CC1)c1ccccc1F. The highest BCUT2D eigenvalue weighted by molar-refractivity contribution is 5.96. The number of piperidine rings is 1. The summed E-state index contributed by atoms with van der Waals surface area (Å²) in [5.41, 5.74) is 0.855. The minimum atomic E-state index is -0.397. The van der Waals surface area contributed by atoms with Crippen molar-refractivity contribution in [2.24, 2.45) is 5.41 Å². The van der Waals surface area contributed by atoms with E-state index >= 15 is 0 Å². The van der Waals surface area contributed by atoms with Crippen molar-refractivity contribution in [3.05, 3.63) is 35.6 Å². The maximum absolute atomic E-state index is 13.6. The van der Waals surface area contributed by atoms with Gasteiger partial charge in [0.25, 0.3) is 0 Å². The maximum atomic E-state index is 13.6. The van der Waals surface area contributed by atoms with Gasteiger partial charge in [-0.3, -0.25) is 4.79 Å². The van der Waals surface area contributed by atoms with Gasteiger partial charge in [-0.2, -0.15) is 0 Å². The molecule has 1 aromatic carbocycles. The lowest BCUT2D eigenvalue weighted by molar-refractivity contribution is 0.0885. The Morgan fingerprint density at radius 3 is 2.43 bits per heavy atom. The Bertz CT molecular complexity index is 498. The first-order valence-corrected chi connectivity index (χ1v) is 8.19. The Labute approximate surface area is 126 Å². The monoisotopic (exact) mass is 289 g/mol. The number of hydrogen-bond acceptors (Lipinski definition) is 2. The van der Waals surface area contributed by atoms with Gasteiger partial charge < -0.3 is 4.90 Å². The van der Waals surface area contributed by atoms with Gasteiger partial charge in [0.1, 0.15) is 5.82 Å². The molecule has 1 spiro atoms. The molecule has 1 saturated carbocycles. The van der Waals surface area contributed by atoms with Crippen molar-refractivity contribution in [1.82, 2.24) is 4.90 Å². The topological polar surface area (TPSA) is 20.3 Å². The van der Waals surface area contributed by atoms with E-state index in [9.17, 15) is 9.18 Å². The zero-order valence-electron chi connectivity index (χ0n) is 12.6. The average molecular weight is 289 g/mol. The molecule has 3 heteroatoms. The summed E-state index contributed by atoms with van der Waals surface area (Å²) in [6, 6.07) is 6.29. The van der Waals surface area contributed by atoms with Crippen LogP contribution in [0.2, 0.25) is 0 Å². The number of likely N-dealkylation sites (tertiary alicyclic amines) is 1. The van der Waals surface area contributed by atoms with Gasteiger partial charge in [0.05, 0.1) is 5.56 Å². The predicted octanol–water partition coefficient (Wildman–Crippen LogP) is 4.05. The maximum Gasteiger partial charge on any atom is 0.167 e. The lowest BCUT2D eigenvalue weighted by Gasteiger charge is -2.39. The molecule has 1 aromatic rings. The highest BCUT2D eigenvalue weighted by atomic mass is 19.1. The third-order valence-electron chi connectivity index (χ3n) is 5.41. The molecular weight excluding hydrogens is 265 g/mol. The van der Waals surface area contributed by atoms with E-state index in [0.717, 1.165) is 19.6 Å². The second kappa shape index (κ2) is 6.27. The van der Waals surface area contributed by atoms with Gasteiger partial charge in [-0.05, 0) is 56.3 Å². The Morgan fingerprint density at radius 2 is 1.76 bits per heavy atom. The van der Waals surface area contributed by atoms with Crippen molar-refractivity contribution in [2.75, 3.05) is 19.6 Å². The van der Waals surface area contributed by atoms with E-state index in [-0.39, 0.29) is 11.3 Å². The van der Waals surface area contributed by atoms with E-state index in [1.165, 1.54) is 44.6 Å². The van der Waals surface area contributed by atoms with E-state index < -0.39 is 5.82 Å². The van der Waals surface area contributed by atoms with Crippen LogP contribution >= 0.6 is 0 Å². The summed E-state index contributed by atoms with van der Waals surface area (Å²) in [6.07, 6.45) is 8.57. The standard InChI is InChI=1S/C18H24FNO/c19-16-6-2-1-5-15(16)17(21)7-12-20-13-10-18(11-14-20)8-3-4-9-18/h1-2,5-6H,3-4,7-14H2. The molecule has 0 radical (unpaired) electrons. The Morgan fingerprint density at radius 1 is 1.10 bits per heavy atom. The normalized spacial score (nSPS) is 21.8. The average Bonchev–Trinajstić information content (AvgIpc) is 2.95. The van der Waals surface area contributed by atoms with Crippen molar-refractivity contribution in [3.8, 4) is 0 Å². The summed E-state index contributed by atoms with van der Waals surface area (Å²) >= 11 is 0. The minimum absolute atomic E-state index is 0.0748. The number of hydrogen-bond donors (Lipinski definition) is 0. The van der Waals surface area contributed by atoms with Crippen LogP contribution in [0.3, 0.4) is 0 Å². The Hall–Kier alpha value is -1.22. The Kier molecular flexibility index (Phi) is 4.39. The predicted molar refractivity (Wildman–Crippen MR) is 81.9 cm³/mol. The molecule has 0 amide bonds. The summed E-state index contributed by atoms with van der Waals surface area (Å²) in [4.78, 5) is 14.5. The number of nitrogens with zero attached hydrogens (tertiary/aromatic N) is 1. The zero-order chi connectivity index (χ0) is 14.7.